The molecule has 1 heteroatoms. The van der Waals surface area contributed by atoms with E-state index in [4.69, 9.17) is 0 Å². The Kier molecular flexibility index (Phi) is 4.79. The number of hydrogen-bond donors (Lipinski definition) is 0. The molecule has 1 radical (unpaired) electrons. The second-order valence-corrected chi connectivity index (χ2v) is 4.48. The predicted molar refractivity (Wildman–Crippen MR) is 58.7 cm³/mol. The van der Waals surface area contributed by atoms with Gasteiger partial charge in [0.05, 0.1) is 0 Å². The second kappa shape index (κ2) is 5.64. The fraction of sp³-hybridized carbons (Fsp3) is 0.917. The summed E-state index contributed by atoms with van der Waals surface area (Å²) in [7, 11) is 0. The zero-order valence-electron chi connectivity index (χ0n) is 9.26. The van der Waals surface area contributed by atoms with Gasteiger partial charge in [-0.15, -0.1) is 0 Å². The lowest BCUT2D eigenvalue weighted by atomic mass is 10.1. The minimum absolute atomic E-state index is 0.717. The molecule has 1 fully saturated rings. The van der Waals surface area contributed by atoms with Crippen molar-refractivity contribution in [3.8, 4) is 0 Å². The average Bonchev–Trinajstić information content (AvgIpc) is 2.57. The molecule has 1 aliphatic carbocycles. The summed E-state index contributed by atoms with van der Waals surface area (Å²) in [5.41, 5.74) is 0. The SMILES string of the molecule is [CH2]CCCN(C(C)C)C1CCCC1. The fourth-order valence-electron chi connectivity index (χ4n) is 2.39. The van der Waals surface area contributed by atoms with Gasteiger partial charge in [0.15, 0.2) is 0 Å². The Morgan fingerprint density at radius 3 is 2.38 bits per heavy atom. The molecular formula is C12H24N. The number of unbranched alkanes of at least 4 members (excludes halogenated alkanes) is 1. The van der Waals surface area contributed by atoms with Crippen molar-refractivity contribution < 1.29 is 0 Å². The molecule has 0 aromatic rings. The van der Waals surface area contributed by atoms with Gasteiger partial charge < -0.3 is 0 Å². The first-order valence-corrected chi connectivity index (χ1v) is 5.80. The van der Waals surface area contributed by atoms with E-state index in [1.807, 2.05) is 0 Å². The van der Waals surface area contributed by atoms with Gasteiger partial charge in [0, 0.05) is 12.1 Å². The molecule has 0 aromatic heterocycles. The molecule has 1 rings (SSSR count). The molecule has 0 N–H and O–H groups in total. The van der Waals surface area contributed by atoms with Gasteiger partial charge in [-0.25, -0.2) is 0 Å². The minimum Gasteiger partial charge on any atom is -0.298 e. The van der Waals surface area contributed by atoms with Gasteiger partial charge in [-0.1, -0.05) is 26.2 Å². The molecule has 0 aliphatic heterocycles. The zero-order valence-corrected chi connectivity index (χ0v) is 9.26. The lowest BCUT2D eigenvalue weighted by Gasteiger charge is -2.32. The summed E-state index contributed by atoms with van der Waals surface area (Å²) < 4.78 is 0. The third kappa shape index (κ3) is 3.30. The molecule has 77 valence electrons. The normalized spacial score (nSPS) is 19.2. The molecule has 0 amide bonds. The molecule has 0 aromatic carbocycles. The van der Waals surface area contributed by atoms with E-state index in [9.17, 15) is 0 Å². The van der Waals surface area contributed by atoms with Crippen LogP contribution >= 0.6 is 0 Å². The van der Waals surface area contributed by atoms with E-state index in [0.717, 1.165) is 18.5 Å². The maximum Gasteiger partial charge on any atom is 0.00979 e. The van der Waals surface area contributed by atoms with E-state index >= 15 is 0 Å². The van der Waals surface area contributed by atoms with E-state index in [1.165, 1.54) is 38.6 Å². The van der Waals surface area contributed by atoms with Crippen LogP contribution in [0.1, 0.15) is 52.4 Å². The summed E-state index contributed by atoms with van der Waals surface area (Å²) in [4.78, 5) is 2.68. The van der Waals surface area contributed by atoms with Gasteiger partial charge >= 0.3 is 0 Å². The van der Waals surface area contributed by atoms with E-state index < -0.39 is 0 Å². The molecule has 1 nitrogen and oxygen atoms in total. The van der Waals surface area contributed by atoms with Crippen molar-refractivity contribution in [2.24, 2.45) is 0 Å². The molecule has 1 aliphatic rings. The first kappa shape index (κ1) is 11.0. The monoisotopic (exact) mass is 182 g/mol. The standard InChI is InChI=1S/C12H24N/c1-4-5-10-13(11(2)3)12-8-6-7-9-12/h11-12H,1,4-10H2,2-3H3. The van der Waals surface area contributed by atoms with Crippen LogP contribution in [0.3, 0.4) is 0 Å². The maximum atomic E-state index is 3.92. The highest BCUT2D eigenvalue weighted by Crippen LogP contribution is 2.25. The number of nitrogens with zero attached hydrogens (tertiary/aromatic N) is 1. The topological polar surface area (TPSA) is 3.24 Å². The molecule has 0 saturated heterocycles. The average molecular weight is 182 g/mol. The van der Waals surface area contributed by atoms with E-state index in [-0.39, 0.29) is 0 Å². The van der Waals surface area contributed by atoms with Gasteiger partial charge in [-0.05, 0) is 39.7 Å². The first-order chi connectivity index (χ1) is 6.25. The fourth-order valence-corrected chi connectivity index (χ4v) is 2.39. The van der Waals surface area contributed by atoms with Crippen LogP contribution in [0.4, 0.5) is 0 Å². The molecule has 0 spiro atoms. The highest BCUT2D eigenvalue weighted by Gasteiger charge is 2.23. The van der Waals surface area contributed by atoms with Crippen molar-refractivity contribution >= 4 is 0 Å². The predicted octanol–water partition coefficient (Wildman–Crippen LogP) is 3.25. The van der Waals surface area contributed by atoms with Crippen molar-refractivity contribution in [1.29, 1.82) is 0 Å². The Morgan fingerprint density at radius 1 is 1.31 bits per heavy atom. The Balaban J connectivity index is 2.36. The number of hydrogen-bond acceptors (Lipinski definition) is 1. The van der Waals surface area contributed by atoms with Crippen LogP contribution in [-0.4, -0.2) is 23.5 Å². The van der Waals surface area contributed by atoms with Gasteiger partial charge in [0.25, 0.3) is 0 Å². The Hall–Kier alpha value is -0.0400. The quantitative estimate of drug-likeness (QED) is 0.631. The zero-order chi connectivity index (χ0) is 9.68. The molecule has 13 heavy (non-hydrogen) atoms. The molecule has 0 unspecified atom stereocenters. The van der Waals surface area contributed by atoms with Crippen molar-refractivity contribution in [2.75, 3.05) is 6.54 Å². The Morgan fingerprint density at radius 2 is 1.92 bits per heavy atom. The van der Waals surface area contributed by atoms with Crippen LogP contribution in [0, 0.1) is 6.92 Å². The third-order valence-corrected chi connectivity index (χ3v) is 3.12. The summed E-state index contributed by atoms with van der Waals surface area (Å²) in [6.07, 6.45) is 8.08. The lowest BCUT2D eigenvalue weighted by molar-refractivity contribution is 0.153. The van der Waals surface area contributed by atoms with Crippen LogP contribution in [0.25, 0.3) is 0 Å². The maximum absolute atomic E-state index is 3.92. The van der Waals surface area contributed by atoms with Crippen molar-refractivity contribution in [3.05, 3.63) is 6.92 Å². The van der Waals surface area contributed by atoms with Crippen molar-refractivity contribution in [2.45, 2.75) is 64.5 Å². The summed E-state index contributed by atoms with van der Waals surface area (Å²) in [5.74, 6) is 0. The Bertz CT molecular complexity index is 125. The van der Waals surface area contributed by atoms with Gasteiger partial charge in [-0.2, -0.15) is 0 Å². The van der Waals surface area contributed by atoms with Crippen LogP contribution in [0.2, 0.25) is 0 Å². The van der Waals surface area contributed by atoms with Crippen LogP contribution in [0.5, 0.6) is 0 Å². The Labute approximate surface area is 83.5 Å². The molecular weight excluding hydrogens is 158 g/mol. The molecule has 0 atom stereocenters. The summed E-state index contributed by atoms with van der Waals surface area (Å²) >= 11 is 0. The van der Waals surface area contributed by atoms with Crippen LogP contribution in [0.15, 0.2) is 0 Å². The van der Waals surface area contributed by atoms with Crippen LogP contribution < -0.4 is 0 Å². The summed E-state index contributed by atoms with van der Waals surface area (Å²) in [6, 6.07) is 1.60. The van der Waals surface area contributed by atoms with Crippen molar-refractivity contribution in [3.63, 3.8) is 0 Å². The van der Waals surface area contributed by atoms with Gasteiger partial charge in [-0.3, -0.25) is 4.90 Å². The largest absolute Gasteiger partial charge is 0.298 e. The second-order valence-electron chi connectivity index (χ2n) is 4.48. The van der Waals surface area contributed by atoms with E-state index in [2.05, 4.69) is 25.7 Å². The molecule has 0 heterocycles. The molecule has 0 bridgehead atoms. The lowest BCUT2D eigenvalue weighted by Crippen LogP contribution is -2.39. The van der Waals surface area contributed by atoms with E-state index in [0.29, 0.717) is 0 Å². The number of rotatable bonds is 5. The smallest absolute Gasteiger partial charge is 0.00979 e. The summed E-state index contributed by atoms with van der Waals surface area (Å²) in [5, 5.41) is 0. The van der Waals surface area contributed by atoms with Gasteiger partial charge in [0.1, 0.15) is 0 Å². The highest BCUT2D eigenvalue weighted by atomic mass is 15.2. The highest BCUT2D eigenvalue weighted by molar-refractivity contribution is 4.79. The van der Waals surface area contributed by atoms with Crippen molar-refractivity contribution in [1.82, 2.24) is 4.90 Å². The van der Waals surface area contributed by atoms with Crippen LogP contribution in [-0.2, 0) is 0 Å². The minimum atomic E-state index is 0.717. The van der Waals surface area contributed by atoms with Gasteiger partial charge in [0.2, 0.25) is 0 Å². The van der Waals surface area contributed by atoms with E-state index in [1.54, 1.807) is 0 Å². The first-order valence-electron chi connectivity index (χ1n) is 5.80. The third-order valence-electron chi connectivity index (χ3n) is 3.12. The molecule has 1 saturated carbocycles. The summed E-state index contributed by atoms with van der Waals surface area (Å²) in [6.45, 7) is 9.81.